The minimum atomic E-state index is -5.93. The Morgan fingerprint density at radius 1 is 0.950 bits per heavy atom. The fourth-order valence-corrected chi connectivity index (χ4v) is 6.40. The highest BCUT2D eigenvalue weighted by molar-refractivity contribution is 8.13. The lowest BCUT2D eigenvalue weighted by Gasteiger charge is -2.29. The Hall–Kier alpha value is -0.370. The van der Waals surface area contributed by atoms with Crippen LogP contribution in [0.15, 0.2) is 0 Å². The second-order valence-electron chi connectivity index (χ2n) is 4.29. The van der Waals surface area contributed by atoms with Gasteiger partial charge in [-0.3, -0.25) is 0 Å². The standard InChI is InChI=1S/C7H14F2N2O6S3/c1-18(12,13)10-19(14,15)7(8,9)20(16,17)11-5-3-2-4-6-11/h10H,2-6H2,1H3. The van der Waals surface area contributed by atoms with Gasteiger partial charge in [-0.05, 0) is 12.8 Å². The first-order valence-corrected chi connectivity index (χ1v) is 10.2. The summed E-state index contributed by atoms with van der Waals surface area (Å²) in [6.07, 6.45) is 1.63. The van der Waals surface area contributed by atoms with Crippen molar-refractivity contribution in [2.75, 3.05) is 19.3 Å². The Balaban J connectivity index is 3.20. The zero-order chi connectivity index (χ0) is 15.8. The van der Waals surface area contributed by atoms with Gasteiger partial charge in [0.2, 0.25) is 10.0 Å². The number of hydrogen-bond donors (Lipinski definition) is 1. The van der Waals surface area contributed by atoms with Crippen LogP contribution in [0.2, 0.25) is 0 Å². The lowest BCUT2D eigenvalue weighted by atomic mass is 10.2. The van der Waals surface area contributed by atoms with Crippen LogP contribution >= 0.6 is 0 Å². The molecule has 0 unspecified atom stereocenters. The molecule has 0 aromatic carbocycles. The summed E-state index contributed by atoms with van der Waals surface area (Å²) in [6, 6.07) is 0. The Kier molecular flexibility index (Phi) is 4.81. The second kappa shape index (κ2) is 5.44. The third-order valence-corrected chi connectivity index (χ3v) is 8.18. The number of hydrogen-bond acceptors (Lipinski definition) is 6. The van der Waals surface area contributed by atoms with Crippen LogP contribution in [0.3, 0.4) is 0 Å². The minimum absolute atomic E-state index is 0.230. The SMILES string of the molecule is CS(=O)(=O)NS(=O)(=O)C(F)(F)S(=O)(=O)N1CCCCC1. The van der Waals surface area contributed by atoms with E-state index >= 15 is 0 Å². The lowest BCUT2D eigenvalue weighted by molar-refractivity contribution is 0.164. The van der Waals surface area contributed by atoms with Crippen molar-refractivity contribution in [2.24, 2.45) is 0 Å². The maximum atomic E-state index is 13.7. The summed E-state index contributed by atoms with van der Waals surface area (Å²) in [5.41, 5.74) is 0. The van der Waals surface area contributed by atoms with E-state index in [0.717, 1.165) is 0 Å². The molecule has 1 N–H and O–H groups in total. The molecule has 0 aliphatic carbocycles. The van der Waals surface area contributed by atoms with Crippen LogP contribution in [0.1, 0.15) is 19.3 Å². The first-order chi connectivity index (χ1) is 8.81. The highest BCUT2D eigenvalue weighted by Gasteiger charge is 2.61. The zero-order valence-electron chi connectivity index (χ0n) is 10.4. The van der Waals surface area contributed by atoms with Gasteiger partial charge in [0.05, 0.1) is 6.26 Å². The summed E-state index contributed by atoms with van der Waals surface area (Å²) in [5.74, 6) is 0. The van der Waals surface area contributed by atoms with Crippen LogP contribution in [0.4, 0.5) is 8.78 Å². The summed E-state index contributed by atoms with van der Waals surface area (Å²) in [6.45, 7) is -0.460. The minimum Gasteiger partial charge on any atom is -0.212 e. The van der Waals surface area contributed by atoms with E-state index in [-0.39, 0.29) is 13.1 Å². The predicted octanol–water partition coefficient (Wildman–Crippen LogP) is -0.769. The van der Waals surface area contributed by atoms with E-state index in [1.165, 1.54) is 0 Å². The molecule has 1 fully saturated rings. The van der Waals surface area contributed by atoms with Crippen LogP contribution in [0.25, 0.3) is 0 Å². The number of halogens is 2. The van der Waals surface area contributed by atoms with Gasteiger partial charge < -0.3 is 0 Å². The highest BCUT2D eigenvalue weighted by atomic mass is 32.3. The maximum Gasteiger partial charge on any atom is 0.474 e. The van der Waals surface area contributed by atoms with Gasteiger partial charge in [-0.15, -0.1) is 4.13 Å². The van der Waals surface area contributed by atoms with Gasteiger partial charge in [0, 0.05) is 13.1 Å². The van der Waals surface area contributed by atoms with Crippen molar-refractivity contribution >= 4 is 30.1 Å². The van der Waals surface area contributed by atoms with Crippen LogP contribution in [0, 0.1) is 0 Å². The van der Waals surface area contributed by atoms with Crippen LogP contribution in [-0.2, 0) is 30.1 Å². The van der Waals surface area contributed by atoms with E-state index in [1.54, 1.807) is 0 Å². The highest BCUT2D eigenvalue weighted by Crippen LogP contribution is 2.32. The second-order valence-corrected chi connectivity index (χ2v) is 10.3. The van der Waals surface area contributed by atoms with Gasteiger partial charge in [-0.1, -0.05) is 6.42 Å². The Labute approximate surface area is 116 Å². The average Bonchev–Trinajstić information content (AvgIpc) is 2.26. The fraction of sp³-hybridized carbons (Fsp3) is 1.00. The van der Waals surface area contributed by atoms with Crippen LogP contribution in [-0.4, -0.2) is 53.5 Å². The number of piperidine rings is 1. The van der Waals surface area contributed by atoms with Crippen molar-refractivity contribution in [3.63, 3.8) is 0 Å². The van der Waals surface area contributed by atoms with Crippen LogP contribution < -0.4 is 4.13 Å². The van der Waals surface area contributed by atoms with Gasteiger partial charge >= 0.3 is 14.6 Å². The first-order valence-electron chi connectivity index (χ1n) is 5.42. The lowest BCUT2D eigenvalue weighted by Crippen LogP contribution is -2.53. The number of sulfonamides is 3. The van der Waals surface area contributed by atoms with E-state index in [4.69, 9.17) is 0 Å². The molecule has 0 aromatic rings. The molecule has 0 amide bonds. The molecule has 0 spiro atoms. The normalized spacial score (nSPS) is 19.9. The molecule has 13 heteroatoms. The van der Waals surface area contributed by atoms with Gasteiger partial charge in [-0.2, -0.15) is 13.1 Å². The molecule has 1 aliphatic heterocycles. The van der Waals surface area contributed by atoms with E-state index in [2.05, 4.69) is 0 Å². The van der Waals surface area contributed by atoms with Gasteiger partial charge in [0.25, 0.3) is 10.0 Å². The molecule has 0 bridgehead atoms. The van der Waals surface area contributed by atoms with E-state index < -0.39 is 34.7 Å². The molecule has 1 heterocycles. The van der Waals surface area contributed by atoms with Crippen molar-refractivity contribution in [3.8, 4) is 0 Å². The van der Waals surface area contributed by atoms with E-state index in [1.807, 2.05) is 0 Å². The first kappa shape index (κ1) is 17.7. The summed E-state index contributed by atoms with van der Waals surface area (Å²) in [5, 5.41) is 0. The molecule has 1 rings (SSSR count). The van der Waals surface area contributed by atoms with E-state index in [9.17, 15) is 34.0 Å². The topological polar surface area (TPSA) is 118 Å². The summed E-state index contributed by atoms with van der Waals surface area (Å²) in [7, 11) is -16.0. The van der Waals surface area contributed by atoms with Crippen molar-refractivity contribution < 1.29 is 34.0 Å². The molecular formula is C7H14F2N2O6S3. The smallest absolute Gasteiger partial charge is 0.212 e. The zero-order valence-corrected chi connectivity index (χ0v) is 12.9. The summed E-state index contributed by atoms with van der Waals surface area (Å²) >= 11 is 0. The quantitative estimate of drug-likeness (QED) is 0.691. The summed E-state index contributed by atoms with van der Waals surface area (Å²) < 4.78 is 90.8. The number of rotatable bonds is 5. The third-order valence-electron chi connectivity index (χ3n) is 2.53. The molecule has 0 aromatic heterocycles. The number of alkyl halides is 2. The summed E-state index contributed by atoms with van der Waals surface area (Å²) in [4.78, 5) is 0. The molecule has 20 heavy (non-hydrogen) atoms. The van der Waals surface area contributed by atoms with Crippen molar-refractivity contribution in [3.05, 3.63) is 0 Å². The Morgan fingerprint density at radius 3 is 1.80 bits per heavy atom. The van der Waals surface area contributed by atoms with Crippen molar-refractivity contribution in [1.29, 1.82) is 0 Å². The average molecular weight is 356 g/mol. The molecule has 8 nitrogen and oxygen atoms in total. The Morgan fingerprint density at radius 2 is 1.40 bits per heavy atom. The van der Waals surface area contributed by atoms with Gasteiger partial charge in [-0.25, -0.2) is 25.3 Å². The van der Waals surface area contributed by atoms with E-state index in [0.29, 0.717) is 34.0 Å². The molecule has 120 valence electrons. The molecule has 1 aliphatic rings. The monoisotopic (exact) mass is 356 g/mol. The Bertz CT molecular complexity index is 663. The van der Waals surface area contributed by atoms with Gasteiger partial charge in [0.15, 0.2) is 0 Å². The van der Waals surface area contributed by atoms with Crippen LogP contribution in [0.5, 0.6) is 0 Å². The molecule has 0 radical (unpaired) electrons. The van der Waals surface area contributed by atoms with Gasteiger partial charge in [0.1, 0.15) is 0 Å². The third kappa shape index (κ3) is 3.44. The molecular weight excluding hydrogens is 342 g/mol. The largest absolute Gasteiger partial charge is 0.474 e. The number of nitrogens with zero attached hydrogens (tertiary/aromatic N) is 1. The molecule has 0 saturated carbocycles. The number of nitrogens with one attached hydrogen (secondary N) is 1. The molecule has 1 saturated heterocycles. The van der Waals surface area contributed by atoms with Crippen molar-refractivity contribution in [2.45, 2.75) is 23.8 Å². The predicted molar refractivity (Wildman–Crippen MR) is 66.2 cm³/mol. The fourth-order valence-electron chi connectivity index (χ4n) is 1.64. The molecule has 0 atom stereocenters. The van der Waals surface area contributed by atoms with Crippen molar-refractivity contribution in [1.82, 2.24) is 8.43 Å². The maximum absolute atomic E-state index is 13.7.